The standard InChI is InChI=1S/C23H29N3O2/c1-18-7-5-8-20(25-18)16-28-17-24-19-9-6-12-23(15-19)13-14-26(22(23)27)21-10-3-2-4-11-21/h2-5,7-8,10-11,19,24H,6,9,12-17H2,1H3/t19-,23-/m0/s1. The summed E-state index contributed by atoms with van der Waals surface area (Å²) in [6.45, 7) is 3.81. The van der Waals surface area contributed by atoms with Crippen LogP contribution in [-0.4, -0.2) is 30.2 Å². The van der Waals surface area contributed by atoms with Gasteiger partial charge in [0.15, 0.2) is 0 Å². The molecule has 1 N–H and O–H groups in total. The van der Waals surface area contributed by atoms with Crippen molar-refractivity contribution in [3.63, 3.8) is 0 Å². The third-order valence-corrected chi connectivity index (χ3v) is 6.10. The van der Waals surface area contributed by atoms with E-state index in [9.17, 15) is 4.79 Å². The predicted octanol–water partition coefficient (Wildman–Crippen LogP) is 3.82. The molecule has 1 aromatic carbocycles. The minimum Gasteiger partial charge on any atom is -0.360 e. The van der Waals surface area contributed by atoms with Crippen molar-refractivity contribution in [1.29, 1.82) is 0 Å². The topological polar surface area (TPSA) is 54.5 Å². The molecule has 0 unspecified atom stereocenters. The first-order valence-electron chi connectivity index (χ1n) is 10.3. The number of pyridine rings is 1. The monoisotopic (exact) mass is 379 g/mol. The Morgan fingerprint density at radius 3 is 2.86 bits per heavy atom. The lowest BCUT2D eigenvalue weighted by atomic mass is 9.71. The van der Waals surface area contributed by atoms with Gasteiger partial charge in [0.05, 0.1) is 24.4 Å². The maximum atomic E-state index is 13.2. The number of nitrogens with zero attached hydrogens (tertiary/aromatic N) is 2. The maximum Gasteiger partial charge on any atom is 0.233 e. The number of hydrogen-bond acceptors (Lipinski definition) is 4. The van der Waals surface area contributed by atoms with Crippen molar-refractivity contribution in [1.82, 2.24) is 10.3 Å². The lowest BCUT2D eigenvalue weighted by Crippen LogP contribution is -2.44. The van der Waals surface area contributed by atoms with Gasteiger partial charge in [-0.2, -0.15) is 0 Å². The van der Waals surface area contributed by atoms with Gasteiger partial charge in [0, 0.05) is 24.0 Å². The molecule has 4 rings (SSSR count). The van der Waals surface area contributed by atoms with E-state index >= 15 is 0 Å². The van der Waals surface area contributed by atoms with Crippen LogP contribution in [0, 0.1) is 12.3 Å². The Morgan fingerprint density at radius 2 is 2.04 bits per heavy atom. The van der Waals surface area contributed by atoms with Gasteiger partial charge in [-0.3, -0.25) is 15.1 Å². The van der Waals surface area contributed by atoms with Crippen molar-refractivity contribution < 1.29 is 9.53 Å². The second-order valence-corrected chi connectivity index (χ2v) is 8.08. The number of amides is 1. The van der Waals surface area contributed by atoms with Gasteiger partial charge in [0.25, 0.3) is 0 Å². The summed E-state index contributed by atoms with van der Waals surface area (Å²) >= 11 is 0. The normalized spacial score (nSPS) is 24.8. The number of ether oxygens (including phenoxy) is 1. The molecule has 28 heavy (non-hydrogen) atoms. The van der Waals surface area contributed by atoms with Gasteiger partial charge < -0.3 is 9.64 Å². The number of rotatable bonds is 6. The number of nitrogens with one attached hydrogen (secondary N) is 1. The summed E-state index contributed by atoms with van der Waals surface area (Å²) in [5.41, 5.74) is 2.77. The highest BCUT2D eigenvalue weighted by atomic mass is 16.5. The number of carbonyl (C=O) groups is 1. The highest BCUT2D eigenvalue weighted by Gasteiger charge is 2.49. The maximum absolute atomic E-state index is 13.2. The number of benzene rings is 1. The molecule has 2 atom stereocenters. The van der Waals surface area contributed by atoms with E-state index < -0.39 is 0 Å². The molecule has 148 valence electrons. The Balaban J connectivity index is 1.30. The largest absolute Gasteiger partial charge is 0.360 e. The van der Waals surface area contributed by atoms with Gasteiger partial charge in [-0.25, -0.2) is 0 Å². The first-order valence-corrected chi connectivity index (χ1v) is 10.3. The summed E-state index contributed by atoms with van der Waals surface area (Å²) in [5.74, 6) is 0.301. The number of anilines is 1. The van der Waals surface area contributed by atoms with Crippen LogP contribution in [0.25, 0.3) is 0 Å². The Hall–Kier alpha value is -2.24. The molecule has 5 heteroatoms. The van der Waals surface area contributed by atoms with Crippen molar-refractivity contribution >= 4 is 11.6 Å². The van der Waals surface area contributed by atoms with Gasteiger partial charge in [-0.15, -0.1) is 0 Å². The van der Waals surface area contributed by atoms with Crippen molar-refractivity contribution in [3.8, 4) is 0 Å². The van der Waals surface area contributed by atoms with Gasteiger partial charge in [0.2, 0.25) is 5.91 Å². The average molecular weight is 380 g/mol. The Morgan fingerprint density at radius 1 is 1.18 bits per heavy atom. The fourth-order valence-corrected chi connectivity index (χ4v) is 4.65. The molecule has 2 heterocycles. The number of hydrogen-bond donors (Lipinski definition) is 1. The van der Waals surface area contributed by atoms with Gasteiger partial charge >= 0.3 is 0 Å². The van der Waals surface area contributed by atoms with Crippen LogP contribution < -0.4 is 10.2 Å². The van der Waals surface area contributed by atoms with Gasteiger partial charge in [-0.1, -0.05) is 30.7 Å². The van der Waals surface area contributed by atoms with E-state index in [-0.39, 0.29) is 5.41 Å². The Labute approximate surface area is 167 Å². The van der Waals surface area contributed by atoms with Crippen molar-refractivity contribution in [2.45, 2.75) is 51.7 Å². The van der Waals surface area contributed by atoms with Crippen molar-refractivity contribution in [2.24, 2.45) is 5.41 Å². The van der Waals surface area contributed by atoms with E-state index in [2.05, 4.69) is 10.3 Å². The summed E-state index contributed by atoms with van der Waals surface area (Å²) in [6.07, 6.45) is 5.05. The molecule has 2 fully saturated rings. The zero-order valence-corrected chi connectivity index (χ0v) is 16.6. The number of aromatic nitrogens is 1. The van der Waals surface area contributed by atoms with Gasteiger partial charge in [0.1, 0.15) is 0 Å². The molecule has 1 saturated carbocycles. The van der Waals surface area contributed by atoms with Crippen LogP contribution in [0.15, 0.2) is 48.5 Å². The zero-order valence-electron chi connectivity index (χ0n) is 16.6. The van der Waals surface area contributed by atoms with Crippen LogP contribution in [0.3, 0.4) is 0 Å². The summed E-state index contributed by atoms with van der Waals surface area (Å²) in [5, 5.41) is 3.51. The molecule has 1 spiro atoms. The quantitative estimate of drug-likeness (QED) is 0.612. The summed E-state index contributed by atoms with van der Waals surface area (Å²) in [4.78, 5) is 19.7. The fraction of sp³-hybridized carbons (Fsp3) is 0.478. The lowest BCUT2D eigenvalue weighted by molar-refractivity contribution is -0.127. The molecular weight excluding hydrogens is 350 g/mol. The minimum absolute atomic E-state index is 0.205. The zero-order chi connectivity index (χ0) is 19.4. The van der Waals surface area contributed by atoms with Gasteiger partial charge in [-0.05, 0) is 56.9 Å². The Bertz CT molecular complexity index is 811. The molecule has 0 bridgehead atoms. The third kappa shape index (κ3) is 4.10. The highest BCUT2D eigenvalue weighted by Crippen LogP contribution is 2.45. The van der Waals surface area contributed by atoms with Crippen LogP contribution in [0.4, 0.5) is 5.69 Å². The van der Waals surface area contributed by atoms with Crippen molar-refractivity contribution in [2.75, 3.05) is 18.2 Å². The number of para-hydroxylation sites is 1. The van der Waals surface area contributed by atoms with E-state index in [0.717, 1.165) is 55.7 Å². The van der Waals surface area contributed by atoms with E-state index in [0.29, 0.717) is 25.3 Å². The number of aryl methyl sites for hydroxylation is 1. The van der Waals surface area contributed by atoms with E-state index in [4.69, 9.17) is 4.74 Å². The molecular formula is C23H29N3O2. The third-order valence-electron chi connectivity index (χ3n) is 6.10. The highest BCUT2D eigenvalue weighted by molar-refractivity contribution is 6.00. The van der Waals surface area contributed by atoms with E-state index in [1.54, 1.807) is 0 Å². The van der Waals surface area contributed by atoms with E-state index in [1.165, 1.54) is 0 Å². The molecule has 0 radical (unpaired) electrons. The fourth-order valence-electron chi connectivity index (χ4n) is 4.65. The summed E-state index contributed by atoms with van der Waals surface area (Å²) < 4.78 is 5.78. The molecule has 1 aromatic heterocycles. The van der Waals surface area contributed by atoms with E-state index in [1.807, 2.05) is 60.4 Å². The summed E-state index contributed by atoms with van der Waals surface area (Å²) in [6, 6.07) is 16.4. The van der Waals surface area contributed by atoms with Crippen LogP contribution in [0.5, 0.6) is 0 Å². The van der Waals surface area contributed by atoms with Crippen LogP contribution in [-0.2, 0) is 16.1 Å². The molecule has 5 nitrogen and oxygen atoms in total. The van der Waals surface area contributed by atoms with Crippen molar-refractivity contribution in [3.05, 3.63) is 59.9 Å². The Kier molecular flexibility index (Phi) is 5.74. The first kappa shape index (κ1) is 19.1. The first-order chi connectivity index (χ1) is 13.7. The molecule has 1 aliphatic carbocycles. The van der Waals surface area contributed by atoms with Crippen LogP contribution in [0.2, 0.25) is 0 Å². The molecule has 1 aliphatic heterocycles. The predicted molar refractivity (Wildman–Crippen MR) is 110 cm³/mol. The molecule has 1 amide bonds. The minimum atomic E-state index is -0.205. The number of carbonyl (C=O) groups excluding carboxylic acids is 1. The average Bonchev–Trinajstić information content (AvgIpc) is 3.02. The second kappa shape index (κ2) is 8.41. The smallest absolute Gasteiger partial charge is 0.233 e. The summed E-state index contributed by atoms with van der Waals surface area (Å²) in [7, 11) is 0. The molecule has 1 saturated heterocycles. The SMILES string of the molecule is Cc1cccc(COCN[C@H]2CCC[C@]3(CCN(c4ccccc4)C3=O)C2)n1. The van der Waals surface area contributed by atoms with Crippen LogP contribution in [0.1, 0.15) is 43.5 Å². The second-order valence-electron chi connectivity index (χ2n) is 8.08. The van der Waals surface area contributed by atoms with Crippen LogP contribution >= 0.6 is 0 Å². The lowest BCUT2D eigenvalue weighted by Gasteiger charge is -2.37. The molecule has 2 aromatic rings. The molecule has 2 aliphatic rings.